The monoisotopic (exact) mass is 449 g/mol. The van der Waals surface area contributed by atoms with E-state index in [1.54, 1.807) is 22.9 Å². The number of piperidine rings is 1. The maximum Gasteiger partial charge on any atom is 0.257 e. The van der Waals surface area contributed by atoms with Crippen LogP contribution in [-0.4, -0.2) is 47.5 Å². The first-order valence-corrected chi connectivity index (χ1v) is 11.6. The number of para-hydroxylation sites is 1. The van der Waals surface area contributed by atoms with E-state index in [0.717, 1.165) is 37.0 Å². The minimum atomic E-state index is -0.206. The van der Waals surface area contributed by atoms with Crippen LogP contribution < -0.4 is 15.6 Å². The highest BCUT2D eigenvalue weighted by Crippen LogP contribution is 2.34. The van der Waals surface area contributed by atoms with Crippen LogP contribution in [0.4, 0.5) is 0 Å². The molecule has 0 unspecified atom stereocenters. The maximum absolute atomic E-state index is 13.0. The Bertz CT molecular complexity index is 1080. The minimum absolute atomic E-state index is 0.0225. The van der Waals surface area contributed by atoms with Crippen molar-refractivity contribution in [2.24, 2.45) is 5.41 Å². The van der Waals surface area contributed by atoms with Gasteiger partial charge in [0, 0.05) is 50.3 Å². The molecule has 1 aromatic heterocycles. The van der Waals surface area contributed by atoms with Gasteiger partial charge in [-0.15, -0.1) is 0 Å². The Morgan fingerprint density at radius 1 is 1.09 bits per heavy atom. The van der Waals surface area contributed by atoms with Crippen LogP contribution in [0, 0.1) is 5.41 Å². The van der Waals surface area contributed by atoms with Gasteiger partial charge >= 0.3 is 0 Å². The van der Waals surface area contributed by atoms with Gasteiger partial charge < -0.3 is 19.5 Å². The summed E-state index contributed by atoms with van der Waals surface area (Å²) in [5.41, 5.74) is 0.742. The lowest BCUT2D eigenvalue weighted by molar-refractivity contribution is -0.135. The predicted octanol–water partition coefficient (Wildman–Crippen LogP) is 2.54. The zero-order valence-electron chi connectivity index (χ0n) is 18.9. The smallest absolute Gasteiger partial charge is 0.257 e. The molecule has 0 radical (unpaired) electrons. The van der Waals surface area contributed by atoms with Crippen molar-refractivity contribution in [2.45, 2.75) is 38.6 Å². The third kappa shape index (κ3) is 5.92. The lowest BCUT2D eigenvalue weighted by atomic mass is 9.76. The molecule has 7 heteroatoms. The van der Waals surface area contributed by atoms with Crippen molar-refractivity contribution in [3.05, 3.63) is 76.7 Å². The lowest BCUT2D eigenvalue weighted by Crippen LogP contribution is -2.51. The van der Waals surface area contributed by atoms with Gasteiger partial charge in [0.1, 0.15) is 5.75 Å². The number of amides is 2. The Morgan fingerprint density at radius 3 is 2.82 bits per heavy atom. The van der Waals surface area contributed by atoms with Gasteiger partial charge in [-0.2, -0.15) is 0 Å². The van der Waals surface area contributed by atoms with Crippen LogP contribution in [0.1, 0.15) is 31.2 Å². The molecule has 2 amide bonds. The number of allylic oxidation sites excluding steroid dienone is 2. The fraction of sp³-hybridized carbons (Fsp3) is 0.423. The molecular formula is C26H31N3O4. The van der Waals surface area contributed by atoms with Crippen molar-refractivity contribution in [2.75, 3.05) is 26.2 Å². The predicted molar refractivity (Wildman–Crippen MR) is 126 cm³/mol. The Morgan fingerprint density at radius 2 is 1.94 bits per heavy atom. The number of likely N-dealkylation sites (tertiary alicyclic amines) is 1. The van der Waals surface area contributed by atoms with E-state index >= 15 is 0 Å². The van der Waals surface area contributed by atoms with Gasteiger partial charge in [-0.1, -0.05) is 36.4 Å². The number of ether oxygens (including phenoxy) is 1. The van der Waals surface area contributed by atoms with E-state index in [1.807, 2.05) is 29.2 Å². The number of nitrogens with one attached hydrogen (secondary N) is 1. The summed E-state index contributed by atoms with van der Waals surface area (Å²) in [7, 11) is 0. The molecule has 7 nitrogen and oxygen atoms in total. The zero-order chi connectivity index (χ0) is 23.1. The van der Waals surface area contributed by atoms with Crippen molar-refractivity contribution in [1.82, 2.24) is 14.8 Å². The second-order valence-electron chi connectivity index (χ2n) is 8.95. The Hall–Kier alpha value is -3.35. The number of rotatable bonds is 3. The van der Waals surface area contributed by atoms with Crippen LogP contribution in [-0.2, 0) is 22.6 Å². The van der Waals surface area contributed by atoms with E-state index in [4.69, 9.17) is 4.74 Å². The summed E-state index contributed by atoms with van der Waals surface area (Å²) in [5.74, 6) is 0.628. The normalized spacial score (nSPS) is 22.3. The second-order valence-corrected chi connectivity index (χ2v) is 8.95. The van der Waals surface area contributed by atoms with Crippen molar-refractivity contribution < 1.29 is 14.3 Å². The SMILES string of the molecule is O=C1COc2ccccc2C/C=C/C[C@@]2(CCCN(C(=O)CCn3ccccc3=O)C2)CN1. The highest BCUT2D eigenvalue weighted by Gasteiger charge is 2.36. The number of aromatic nitrogens is 1. The number of fused-ring (bicyclic) bond motifs is 1. The van der Waals surface area contributed by atoms with Gasteiger partial charge in [-0.05, 0) is 43.4 Å². The number of hydrogen-bond acceptors (Lipinski definition) is 4. The van der Waals surface area contributed by atoms with Crippen LogP contribution in [0.3, 0.4) is 0 Å². The summed E-state index contributed by atoms with van der Waals surface area (Å²) in [6.45, 7) is 2.15. The Kier molecular flexibility index (Phi) is 7.27. The maximum atomic E-state index is 13.0. The summed E-state index contributed by atoms with van der Waals surface area (Å²) >= 11 is 0. The van der Waals surface area contributed by atoms with Gasteiger partial charge in [-0.25, -0.2) is 0 Å². The van der Waals surface area contributed by atoms with Gasteiger partial charge in [0.2, 0.25) is 5.91 Å². The number of pyridine rings is 1. The van der Waals surface area contributed by atoms with E-state index in [-0.39, 0.29) is 35.8 Å². The number of nitrogens with zero attached hydrogens (tertiary/aromatic N) is 2. The average molecular weight is 450 g/mol. The van der Waals surface area contributed by atoms with Gasteiger partial charge in [-0.3, -0.25) is 14.4 Å². The number of carbonyl (C=O) groups is 2. The van der Waals surface area contributed by atoms with Crippen molar-refractivity contribution in [3.8, 4) is 5.75 Å². The summed E-state index contributed by atoms with van der Waals surface area (Å²) < 4.78 is 7.32. The molecule has 1 aromatic carbocycles. The third-order valence-electron chi connectivity index (χ3n) is 6.53. The van der Waals surface area contributed by atoms with Crippen LogP contribution >= 0.6 is 0 Å². The molecule has 2 aliphatic heterocycles. The zero-order valence-corrected chi connectivity index (χ0v) is 18.9. The van der Waals surface area contributed by atoms with Crippen LogP contribution in [0.25, 0.3) is 0 Å². The molecule has 0 bridgehead atoms. The largest absolute Gasteiger partial charge is 0.483 e. The average Bonchev–Trinajstić information content (AvgIpc) is 2.83. The molecule has 1 saturated heterocycles. The fourth-order valence-corrected chi connectivity index (χ4v) is 4.66. The molecule has 1 fully saturated rings. The van der Waals surface area contributed by atoms with E-state index in [9.17, 15) is 14.4 Å². The van der Waals surface area contributed by atoms with E-state index in [0.29, 0.717) is 26.2 Å². The van der Waals surface area contributed by atoms with Crippen molar-refractivity contribution in [3.63, 3.8) is 0 Å². The molecule has 33 heavy (non-hydrogen) atoms. The molecule has 2 aliphatic rings. The molecule has 0 saturated carbocycles. The molecule has 1 N–H and O–H groups in total. The molecule has 1 spiro atoms. The summed E-state index contributed by atoms with van der Waals surface area (Å²) in [6, 6.07) is 12.8. The van der Waals surface area contributed by atoms with E-state index in [1.165, 1.54) is 6.07 Å². The number of aryl methyl sites for hydroxylation is 1. The first-order valence-electron chi connectivity index (χ1n) is 11.6. The lowest BCUT2D eigenvalue weighted by Gasteiger charge is -2.43. The number of benzene rings is 1. The van der Waals surface area contributed by atoms with Gasteiger partial charge in [0.05, 0.1) is 0 Å². The highest BCUT2D eigenvalue weighted by molar-refractivity contribution is 5.78. The van der Waals surface area contributed by atoms with Crippen LogP contribution in [0.2, 0.25) is 0 Å². The Labute approximate surface area is 194 Å². The first kappa shape index (κ1) is 22.8. The topological polar surface area (TPSA) is 80.6 Å². The van der Waals surface area contributed by atoms with Crippen LogP contribution in [0.15, 0.2) is 65.6 Å². The van der Waals surface area contributed by atoms with Gasteiger partial charge in [0.25, 0.3) is 11.5 Å². The van der Waals surface area contributed by atoms with Crippen molar-refractivity contribution >= 4 is 11.8 Å². The van der Waals surface area contributed by atoms with Gasteiger partial charge in [0.15, 0.2) is 6.61 Å². The molecule has 0 aliphatic carbocycles. The summed E-state index contributed by atoms with van der Waals surface area (Å²) in [5, 5.41) is 3.04. The quantitative estimate of drug-likeness (QED) is 0.731. The molecule has 4 rings (SSSR count). The number of hydrogen-bond donors (Lipinski definition) is 1. The number of carbonyl (C=O) groups excluding carboxylic acids is 2. The van der Waals surface area contributed by atoms with Crippen molar-refractivity contribution in [1.29, 1.82) is 0 Å². The van der Waals surface area contributed by atoms with E-state index in [2.05, 4.69) is 17.5 Å². The van der Waals surface area contributed by atoms with E-state index < -0.39 is 0 Å². The first-order chi connectivity index (χ1) is 16.0. The fourth-order valence-electron chi connectivity index (χ4n) is 4.66. The minimum Gasteiger partial charge on any atom is -0.483 e. The second kappa shape index (κ2) is 10.5. The highest BCUT2D eigenvalue weighted by atomic mass is 16.5. The molecule has 174 valence electrons. The van der Waals surface area contributed by atoms with Crippen LogP contribution in [0.5, 0.6) is 5.75 Å². The molecule has 2 aromatic rings. The molecule has 1 atom stereocenters. The summed E-state index contributed by atoms with van der Waals surface area (Å²) in [4.78, 5) is 39.3. The molecular weight excluding hydrogens is 418 g/mol. The Balaban J connectivity index is 1.44. The molecule has 3 heterocycles. The standard InChI is InChI=1S/C26H31N3O4/c30-23-18-33-22-10-2-1-8-21(22)9-3-5-13-26(19-27-23)14-7-16-29(20-26)25(32)12-17-28-15-6-4-11-24(28)31/h1-6,8,10-11,15H,7,9,12-14,16-20H2,(H,27,30)/b5-3+/t26-/m1/s1. The summed E-state index contributed by atoms with van der Waals surface area (Å²) in [6.07, 6.45) is 9.67. The third-order valence-corrected chi connectivity index (χ3v) is 6.53.